The highest BCUT2D eigenvalue weighted by Crippen LogP contribution is 2.34. The summed E-state index contributed by atoms with van der Waals surface area (Å²) in [6, 6.07) is 12.1. The number of hydrogen-bond donors (Lipinski definition) is 0. The monoisotopic (exact) mass is 432 g/mol. The molecule has 0 bridgehead atoms. The van der Waals surface area contributed by atoms with Crippen LogP contribution >= 0.6 is 27.7 Å². The molecule has 1 heterocycles. The maximum absolute atomic E-state index is 12.6. The zero-order valence-corrected chi connectivity index (χ0v) is 16.0. The summed E-state index contributed by atoms with van der Waals surface area (Å²) in [5.74, 6) is -0.404. The highest BCUT2D eigenvalue weighted by molar-refractivity contribution is 9.10. The molecule has 26 heavy (non-hydrogen) atoms. The standard InChI is InChI=1S/C18H13BrN2O4S/c1-11-6-7-12(8-15(11)21(24)25)9-16-17(22)20(18(23)26-16)10-13-4-2-3-5-14(13)19/h2-9H,10H2,1H3/b16-9-. The Morgan fingerprint density at radius 3 is 2.65 bits per heavy atom. The van der Waals surface area contributed by atoms with Crippen molar-refractivity contribution in [1.29, 1.82) is 0 Å². The Bertz CT molecular complexity index is 958. The third-order valence-electron chi connectivity index (χ3n) is 3.89. The van der Waals surface area contributed by atoms with E-state index in [1.165, 1.54) is 17.0 Å². The van der Waals surface area contributed by atoms with Crippen molar-refractivity contribution in [2.45, 2.75) is 13.5 Å². The maximum Gasteiger partial charge on any atom is 0.293 e. The Kier molecular flexibility index (Phi) is 5.24. The van der Waals surface area contributed by atoms with Crippen molar-refractivity contribution in [2.24, 2.45) is 0 Å². The molecule has 0 spiro atoms. The van der Waals surface area contributed by atoms with Crippen LogP contribution in [0.2, 0.25) is 0 Å². The molecule has 2 aromatic carbocycles. The van der Waals surface area contributed by atoms with Gasteiger partial charge in [-0.25, -0.2) is 0 Å². The highest BCUT2D eigenvalue weighted by atomic mass is 79.9. The Balaban J connectivity index is 1.87. The van der Waals surface area contributed by atoms with Crippen LogP contribution in [-0.4, -0.2) is 21.0 Å². The molecule has 132 valence electrons. The number of nitro groups is 1. The third-order valence-corrected chi connectivity index (χ3v) is 5.57. The van der Waals surface area contributed by atoms with Gasteiger partial charge in [-0.3, -0.25) is 24.6 Å². The maximum atomic E-state index is 12.6. The molecule has 1 saturated heterocycles. The highest BCUT2D eigenvalue weighted by Gasteiger charge is 2.35. The average Bonchev–Trinajstić information content (AvgIpc) is 2.85. The van der Waals surface area contributed by atoms with Gasteiger partial charge in [-0.15, -0.1) is 0 Å². The van der Waals surface area contributed by atoms with Gasteiger partial charge in [0, 0.05) is 16.1 Å². The lowest BCUT2D eigenvalue weighted by molar-refractivity contribution is -0.385. The summed E-state index contributed by atoms with van der Waals surface area (Å²) in [4.78, 5) is 36.8. The molecular formula is C18H13BrN2O4S. The van der Waals surface area contributed by atoms with Gasteiger partial charge in [0.05, 0.1) is 16.4 Å². The topological polar surface area (TPSA) is 80.5 Å². The summed E-state index contributed by atoms with van der Waals surface area (Å²) in [5, 5.41) is 10.7. The minimum absolute atomic E-state index is 0.0220. The normalized spacial score (nSPS) is 15.8. The second kappa shape index (κ2) is 7.43. The van der Waals surface area contributed by atoms with E-state index in [-0.39, 0.29) is 22.4 Å². The van der Waals surface area contributed by atoms with Crippen LogP contribution in [0.1, 0.15) is 16.7 Å². The molecule has 2 amide bonds. The summed E-state index contributed by atoms with van der Waals surface area (Å²) in [6.45, 7) is 1.81. The van der Waals surface area contributed by atoms with Gasteiger partial charge in [0.2, 0.25) is 0 Å². The lowest BCUT2D eigenvalue weighted by Gasteiger charge is -2.13. The van der Waals surface area contributed by atoms with Gasteiger partial charge >= 0.3 is 0 Å². The molecule has 0 aromatic heterocycles. The SMILES string of the molecule is Cc1ccc(/C=C2\SC(=O)N(Cc3ccccc3Br)C2=O)cc1[N+](=O)[O-]. The summed E-state index contributed by atoms with van der Waals surface area (Å²) in [5.41, 5.74) is 1.84. The van der Waals surface area contributed by atoms with E-state index in [1.807, 2.05) is 24.3 Å². The number of carbonyl (C=O) groups excluding carboxylic acids is 2. The van der Waals surface area contributed by atoms with Gasteiger partial charge in [-0.1, -0.05) is 46.3 Å². The lowest BCUT2D eigenvalue weighted by atomic mass is 10.1. The number of rotatable bonds is 4. The first-order chi connectivity index (χ1) is 12.4. The zero-order valence-electron chi connectivity index (χ0n) is 13.6. The molecule has 0 saturated carbocycles. The number of aryl methyl sites for hydroxylation is 1. The Morgan fingerprint density at radius 2 is 1.96 bits per heavy atom. The Morgan fingerprint density at radius 1 is 1.23 bits per heavy atom. The number of halogens is 1. The first-order valence-electron chi connectivity index (χ1n) is 7.60. The molecule has 0 unspecified atom stereocenters. The van der Waals surface area contributed by atoms with Crippen molar-refractivity contribution in [3.05, 3.63) is 78.6 Å². The zero-order chi connectivity index (χ0) is 18.8. The van der Waals surface area contributed by atoms with E-state index >= 15 is 0 Å². The van der Waals surface area contributed by atoms with Crippen molar-refractivity contribution >= 4 is 50.6 Å². The Labute approximate surface area is 162 Å². The third kappa shape index (κ3) is 3.71. The number of amides is 2. The van der Waals surface area contributed by atoms with E-state index in [9.17, 15) is 19.7 Å². The van der Waals surface area contributed by atoms with Gasteiger partial charge in [-0.05, 0) is 42.0 Å². The van der Waals surface area contributed by atoms with Crippen LogP contribution in [0, 0.1) is 17.0 Å². The minimum Gasteiger partial charge on any atom is -0.268 e. The summed E-state index contributed by atoms with van der Waals surface area (Å²) in [6.07, 6.45) is 1.51. The van der Waals surface area contributed by atoms with Gasteiger partial charge in [-0.2, -0.15) is 0 Å². The molecule has 3 rings (SSSR count). The number of thioether (sulfide) groups is 1. The summed E-state index contributed by atoms with van der Waals surface area (Å²) in [7, 11) is 0. The predicted octanol–water partition coefficient (Wildman–Crippen LogP) is 4.90. The summed E-state index contributed by atoms with van der Waals surface area (Å²) < 4.78 is 0.817. The van der Waals surface area contributed by atoms with E-state index in [1.54, 1.807) is 19.1 Å². The van der Waals surface area contributed by atoms with Gasteiger partial charge in [0.1, 0.15) is 0 Å². The first-order valence-corrected chi connectivity index (χ1v) is 9.21. The first kappa shape index (κ1) is 18.3. The fourth-order valence-corrected chi connectivity index (χ4v) is 3.75. The number of nitrogens with zero attached hydrogens (tertiary/aromatic N) is 2. The van der Waals surface area contributed by atoms with Crippen molar-refractivity contribution < 1.29 is 14.5 Å². The van der Waals surface area contributed by atoms with Crippen molar-refractivity contribution in [1.82, 2.24) is 4.90 Å². The molecule has 6 nitrogen and oxygen atoms in total. The van der Waals surface area contributed by atoms with Crippen molar-refractivity contribution in [3.63, 3.8) is 0 Å². The Hall–Kier alpha value is -2.45. The number of hydrogen-bond acceptors (Lipinski definition) is 5. The van der Waals surface area contributed by atoms with Gasteiger partial charge < -0.3 is 0 Å². The molecule has 0 N–H and O–H groups in total. The van der Waals surface area contributed by atoms with Crippen LogP contribution in [0.15, 0.2) is 51.8 Å². The molecule has 0 atom stereocenters. The number of carbonyl (C=O) groups is 2. The second-order valence-electron chi connectivity index (χ2n) is 5.66. The van der Waals surface area contributed by atoms with Crippen molar-refractivity contribution in [3.8, 4) is 0 Å². The van der Waals surface area contributed by atoms with Crippen LogP contribution in [0.5, 0.6) is 0 Å². The van der Waals surface area contributed by atoms with E-state index < -0.39 is 10.8 Å². The number of imide groups is 1. The average molecular weight is 433 g/mol. The second-order valence-corrected chi connectivity index (χ2v) is 7.51. The van der Waals surface area contributed by atoms with E-state index in [0.29, 0.717) is 11.1 Å². The van der Waals surface area contributed by atoms with E-state index in [4.69, 9.17) is 0 Å². The van der Waals surface area contributed by atoms with Gasteiger partial charge in [0.25, 0.3) is 16.8 Å². The number of benzene rings is 2. The molecule has 2 aromatic rings. The molecule has 1 fully saturated rings. The molecule has 1 aliphatic rings. The smallest absolute Gasteiger partial charge is 0.268 e. The van der Waals surface area contributed by atoms with Gasteiger partial charge in [0.15, 0.2) is 0 Å². The summed E-state index contributed by atoms with van der Waals surface area (Å²) >= 11 is 4.24. The number of nitro benzene ring substituents is 1. The van der Waals surface area contributed by atoms with Crippen LogP contribution in [0.4, 0.5) is 10.5 Å². The van der Waals surface area contributed by atoms with Crippen LogP contribution in [0.3, 0.4) is 0 Å². The molecule has 0 aliphatic carbocycles. The minimum atomic E-state index is -0.467. The van der Waals surface area contributed by atoms with E-state index in [0.717, 1.165) is 21.8 Å². The van der Waals surface area contributed by atoms with Crippen LogP contribution in [0.25, 0.3) is 6.08 Å². The molecule has 1 aliphatic heterocycles. The van der Waals surface area contributed by atoms with Crippen LogP contribution in [-0.2, 0) is 11.3 Å². The fourth-order valence-electron chi connectivity index (χ4n) is 2.50. The largest absolute Gasteiger partial charge is 0.293 e. The van der Waals surface area contributed by atoms with E-state index in [2.05, 4.69) is 15.9 Å². The molecule has 8 heteroatoms. The quantitative estimate of drug-likeness (QED) is 0.389. The molecular weight excluding hydrogens is 420 g/mol. The van der Waals surface area contributed by atoms with Crippen LogP contribution < -0.4 is 0 Å². The lowest BCUT2D eigenvalue weighted by Crippen LogP contribution is -2.27. The fraction of sp³-hybridized carbons (Fsp3) is 0.111. The van der Waals surface area contributed by atoms with Crippen molar-refractivity contribution in [2.75, 3.05) is 0 Å². The predicted molar refractivity (Wildman–Crippen MR) is 103 cm³/mol. The molecule has 0 radical (unpaired) electrons.